The molecule has 1 N–H and O–H groups in total. The van der Waals surface area contributed by atoms with Crippen LogP contribution in [-0.2, 0) is 22.9 Å². The second kappa shape index (κ2) is 6.34. The molecule has 0 amide bonds. The number of sulfonamides is 1. The van der Waals surface area contributed by atoms with Gasteiger partial charge in [-0.2, -0.15) is 5.26 Å². The molecule has 0 radical (unpaired) electrons. The van der Waals surface area contributed by atoms with Crippen LogP contribution in [0.4, 0.5) is 0 Å². The third kappa shape index (κ3) is 3.32. The number of hydrogen-bond donors (Lipinski definition) is 1. The summed E-state index contributed by atoms with van der Waals surface area (Å²) in [7, 11) is -3.26. The molecule has 2 aromatic rings. The number of benzene rings is 1. The van der Waals surface area contributed by atoms with E-state index in [9.17, 15) is 8.42 Å². The van der Waals surface area contributed by atoms with E-state index >= 15 is 0 Å². The molecule has 6 heteroatoms. The van der Waals surface area contributed by atoms with E-state index in [1.807, 2.05) is 24.3 Å². The van der Waals surface area contributed by atoms with Gasteiger partial charge in [-0.25, -0.2) is 18.1 Å². The molecule has 0 aliphatic heterocycles. The molecule has 3 rings (SSSR count). The van der Waals surface area contributed by atoms with Crippen LogP contribution in [0.5, 0.6) is 0 Å². The number of rotatable bonds is 4. The van der Waals surface area contributed by atoms with Gasteiger partial charge in [-0.05, 0) is 55.5 Å². The normalized spacial score (nSPS) is 16.8. The van der Waals surface area contributed by atoms with E-state index in [0.717, 1.165) is 16.7 Å². The molecule has 0 spiro atoms. The van der Waals surface area contributed by atoms with E-state index in [1.54, 1.807) is 26.1 Å². The summed E-state index contributed by atoms with van der Waals surface area (Å²) in [5, 5.41) is 8.39. The first-order chi connectivity index (χ1) is 11.4. The molecule has 0 saturated heterocycles. The van der Waals surface area contributed by atoms with Crippen molar-refractivity contribution in [2.75, 3.05) is 0 Å². The smallest absolute Gasteiger partial charge is 0.214 e. The Morgan fingerprint density at radius 1 is 1.17 bits per heavy atom. The molecular formula is C18H19N3O2S. The van der Waals surface area contributed by atoms with Crippen LogP contribution in [0.25, 0.3) is 11.1 Å². The SMILES string of the molecule is CC(C)S(=O)(=O)NC1Cc2ccc(-c3ccc(C#N)nc3)cc2C1. The first-order valence-corrected chi connectivity index (χ1v) is 9.43. The standard InChI is InChI=1S/C18H19N3O2S/c1-12(2)24(22,23)21-18-8-14-4-3-13(7-16(14)9-18)15-5-6-17(10-19)20-11-15/h3-7,11-12,18,21H,8-9H2,1-2H3. The highest BCUT2D eigenvalue weighted by Gasteiger charge is 2.27. The molecule has 1 atom stereocenters. The minimum atomic E-state index is -3.26. The Hall–Kier alpha value is -2.23. The van der Waals surface area contributed by atoms with Gasteiger partial charge in [0.15, 0.2) is 0 Å². The van der Waals surface area contributed by atoms with Crippen LogP contribution in [0.15, 0.2) is 36.5 Å². The number of hydrogen-bond acceptors (Lipinski definition) is 4. The zero-order valence-electron chi connectivity index (χ0n) is 13.7. The van der Waals surface area contributed by atoms with E-state index in [-0.39, 0.29) is 6.04 Å². The highest BCUT2D eigenvalue weighted by Crippen LogP contribution is 2.28. The van der Waals surface area contributed by atoms with Crippen molar-refractivity contribution in [1.29, 1.82) is 5.26 Å². The van der Waals surface area contributed by atoms with Crippen LogP contribution in [0.2, 0.25) is 0 Å². The summed E-state index contributed by atoms with van der Waals surface area (Å²) in [6.07, 6.45) is 3.10. The third-order valence-electron chi connectivity index (χ3n) is 4.30. The van der Waals surface area contributed by atoms with Crippen LogP contribution in [0.1, 0.15) is 30.7 Å². The highest BCUT2D eigenvalue weighted by atomic mass is 32.2. The van der Waals surface area contributed by atoms with Crippen molar-refractivity contribution in [3.8, 4) is 17.2 Å². The predicted octanol–water partition coefficient (Wildman–Crippen LogP) is 2.42. The van der Waals surface area contributed by atoms with Crippen molar-refractivity contribution in [2.24, 2.45) is 0 Å². The van der Waals surface area contributed by atoms with Gasteiger partial charge in [0.25, 0.3) is 0 Å². The quantitative estimate of drug-likeness (QED) is 0.926. The number of pyridine rings is 1. The lowest BCUT2D eigenvalue weighted by molar-refractivity contribution is 0.547. The maximum atomic E-state index is 12.0. The van der Waals surface area contributed by atoms with Gasteiger partial charge in [0.1, 0.15) is 11.8 Å². The maximum absolute atomic E-state index is 12.0. The molecule has 124 valence electrons. The van der Waals surface area contributed by atoms with Gasteiger partial charge in [0.05, 0.1) is 5.25 Å². The van der Waals surface area contributed by atoms with Crippen LogP contribution < -0.4 is 4.72 Å². The minimum absolute atomic E-state index is 0.0817. The molecule has 1 unspecified atom stereocenters. The van der Waals surface area contributed by atoms with E-state index in [0.29, 0.717) is 18.5 Å². The Bertz CT molecular complexity index is 897. The van der Waals surface area contributed by atoms with Gasteiger partial charge in [0, 0.05) is 17.8 Å². The topological polar surface area (TPSA) is 82.9 Å². The van der Waals surface area contributed by atoms with E-state index in [4.69, 9.17) is 5.26 Å². The van der Waals surface area contributed by atoms with Gasteiger partial charge < -0.3 is 0 Å². The van der Waals surface area contributed by atoms with E-state index in [2.05, 4.69) is 15.8 Å². The van der Waals surface area contributed by atoms with Gasteiger partial charge in [-0.15, -0.1) is 0 Å². The van der Waals surface area contributed by atoms with Crippen molar-refractivity contribution in [2.45, 2.75) is 38.0 Å². The van der Waals surface area contributed by atoms with Gasteiger partial charge in [-0.3, -0.25) is 0 Å². The molecular weight excluding hydrogens is 322 g/mol. The van der Waals surface area contributed by atoms with Crippen molar-refractivity contribution >= 4 is 10.0 Å². The van der Waals surface area contributed by atoms with E-state index < -0.39 is 15.3 Å². The lowest BCUT2D eigenvalue weighted by Crippen LogP contribution is -2.39. The molecule has 0 saturated carbocycles. The lowest BCUT2D eigenvalue weighted by atomic mass is 10.0. The molecule has 0 fully saturated rings. The fraction of sp³-hybridized carbons (Fsp3) is 0.333. The van der Waals surface area contributed by atoms with Gasteiger partial charge >= 0.3 is 0 Å². The number of fused-ring (bicyclic) bond motifs is 1. The highest BCUT2D eigenvalue weighted by molar-refractivity contribution is 7.90. The minimum Gasteiger partial charge on any atom is -0.245 e. The summed E-state index contributed by atoms with van der Waals surface area (Å²) in [5.41, 5.74) is 4.70. The molecule has 1 aliphatic rings. The summed E-state index contributed by atoms with van der Waals surface area (Å²) in [6, 6.07) is 11.6. The van der Waals surface area contributed by atoms with Crippen LogP contribution in [0.3, 0.4) is 0 Å². The zero-order chi connectivity index (χ0) is 17.3. The molecule has 1 aromatic carbocycles. The lowest BCUT2D eigenvalue weighted by Gasteiger charge is -2.14. The second-order valence-electron chi connectivity index (χ2n) is 6.34. The Morgan fingerprint density at radius 2 is 1.88 bits per heavy atom. The molecule has 24 heavy (non-hydrogen) atoms. The largest absolute Gasteiger partial charge is 0.245 e. The second-order valence-corrected chi connectivity index (χ2v) is 8.61. The van der Waals surface area contributed by atoms with Gasteiger partial charge in [0.2, 0.25) is 10.0 Å². The van der Waals surface area contributed by atoms with Gasteiger partial charge in [-0.1, -0.05) is 18.2 Å². The van der Waals surface area contributed by atoms with Crippen LogP contribution in [0, 0.1) is 11.3 Å². The molecule has 1 heterocycles. The summed E-state index contributed by atoms with van der Waals surface area (Å²) in [4.78, 5) is 4.10. The zero-order valence-corrected chi connectivity index (χ0v) is 14.5. The number of nitrogens with zero attached hydrogens (tertiary/aromatic N) is 2. The summed E-state index contributed by atoms with van der Waals surface area (Å²) < 4.78 is 26.9. The average Bonchev–Trinajstić information content (AvgIpc) is 2.95. The Labute approximate surface area is 142 Å². The number of nitriles is 1. The summed E-state index contributed by atoms with van der Waals surface area (Å²) in [5.74, 6) is 0. The molecule has 1 aromatic heterocycles. The van der Waals surface area contributed by atoms with Crippen molar-refractivity contribution in [1.82, 2.24) is 9.71 Å². The molecule has 5 nitrogen and oxygen atoms in total. The number of aromatic nitrogens is 1. The molecule has 1 aliphatic carbocycles. The maximum Gasteiger partial charge on any atom is 0.214 e. The van der Waals surface area contributed by atoms with Crippen molar-refractivity contribution < 1.29 is 8.42 Å². The summed E-state index contributed by atoms with van der Waals surface area (Å²) >= 11 is 0. The van der Waals surface area contributed by atoms with Crippen LogP contribution in [-0.4, -0.2) is 24.7 Å². The first-order valence-electron chi connectivity index (χ1n) is 7.88. The summed E-state index contributed by atoms with van der Waals surface area (Å²) in [6.45, 7) is 3.36. The number of nitrogens with one attached hydrogen (secondary N) is 1. The Balaban J connectivity index is 1.80. The van der Waals surface area contributed by atoms with Crippen LogP contribution >= 0.6 is 0 Å². The monoisotopic (exact) mass is 341 g/mol. The third-order valence-corrected chi connectivity index (χ3v) is 6.20. The molecule has 0 bridgehead atoms. The van der Waals surface area contributed by atoms with Crippen molar-refractivity contribution in [3.63, 3.8) is 0 Å². The Kier molecular flexibility index (Phi) is 4.39. The Morgan fingerprint density at radius 3 is 2.50 bits per heavy atom. The van der Waals surface area contributed by atoms with E-state index in [1.165, 1.54) is 5.56 Å². The predicted molar refractivity (Wildman–Crippen MR) is 92.8 cm³/mol. The van der Waals surface area contributed by atoms with Crippen molar-refractivity contribution in [3.05, 3.63) is 53.3 Å². The fourth-order valence-corrected chi connectivity index (χ4v) is 3.78. The fourth-order valence-electron chi connectivity index (χ4n) is 2.88. The average molecular weight is 341 g/mol. The first kappa shape index (κ1) is 16.6.